The SMILES string of the molecule is Cl.O=C(CC1CC2CCC(C1)N2)N1CCN(C2CCN(c3ccccc3)C2=O)CC1. The zero-order valence-electron chi connectivity index (χ0n) is 17.5. The molecule has 0 aromatic heterocycles. The smallest absolute Gasteiger partial charge is 0.244 e. The maximum atomic E-state index is 12.9. The summed E-state index contributed by atoms with van der Waals surface area (Å²) in [5, 5.41) is 3.66. The van der Waals surface area contributed by atoms with Crippen LogP contribution in [0.25, 0.3) is 0 Å². The summed E-state index contributed by atoms with van der Waals surface area (Å²) >= 11 is 0. The zero-order chi connectivity index (χ0) is 19.8. The van der Waals surface area contributed by atoms with Crippen LogP contribution in [0.4, 0.5) is 5.69 Å². The number of para-hydroxylation sites is 1. The van der Waals surface area contributed by atoms with Crippen LogP contribution in [0.15, 0.2) is 30.3 Å². The van der Waals surface area contributed by atoms with Gasteiger partial charge in [0.05, 0.1) is 6.04 Å². The van der Waals surface area contributed by atoms with E-state index in [1.54, 1.807) is 0 Å². The number of piperidine rings is 1. The van der Waals surface area contributed by atoms with Crippen molar-refractivity contribution in [1.29, 1.82) is 0 Å². The lowest BCUT2D eigenvalue weighted by atomic mass is 9.89. The largest absolute Gasteiger partial charge is 0.340 e. The van der Waals surface area contributed by atoms with Crippen molar-refractivity contribution in [3.05, 3.63) is 30.3 Å². The van der Waals surface area contributed by atoms with Gasteiger partial charge in [-0.3, -0.25) is 14.5 Å². The molecular formula is C23H33ClN4O2. The Balaban J connectivity index is 0.00000218. The first kappa shape index (κ1) is 21.6. The van der Waals surface area contributed by atoms with Crippen LogP contribution in [0.1, 0.15) is 38.5 Å². The van der Waals surface area contributed by atoms with Gasteiger partial charge in [-0.25, -0.2) is 0 Å². The average Bonchev–Trinajstić information content (AvgIpc) is 3.30. The highest BCUT2D eigenvalue weighted by Gasteiger charge is 2.39. The van der Waals surface area contributed by atoms with E-state index in [9.17, 15) is 9.59 Å². The fourth-order valence-electron chi connectivity index (χ4n) is 5.87. The topological polar surface area (TPSA) is 55.9 Å². The summed E-state index contributed by atoms with van der Waals surface area (Å²) in [6, 6.07) is 11.2. The van der Waals surface area contributed by atoms with Gasteiger partial charge in [0.25, 0.3) is 0 Å². The number of carbonyl (C=O) groups is 2. The van der Waals surface area contributed by atoms with Gasteiger partial charge >= 0.3 is 0 Å². The molecule has 0 radical (unpaired) electrons. The number of fused-ring (bicyclic) bond motifs is 2. The molecule has 1 N–H and O–H groups in total. The second kappa shape index (κ2) is 9.25. The molecule has 0 saturated carbocycles. The quantitative estimate of drug-likeness (QED) is 0.793. The molecule has 30 heavy (non-hydrogen) atoms. The van der Waals surface area contributed by atoms with Crippen LogP contribution in [-0.4, -0.2) is 72.5 Å². The molecule has 4 heterocycles. The van der Waals surface area contributed by atoms with E-state index < -0.39 is 0 Å². The van der Waals surface area contributed by atoms with Crippen molar-refractivity contribution in [1.82, 2.24) is 15.1 Å². The molecule has 2 amide bonds. The lowest BCUT2D eigenvalue weighted by molar-refractivity contribution is -0.135. The van der Waals surface area contributed by atoms with Crippen LogP contribution in [0, 0.1) is 5.92 Å². The molecule has 1 aromatic carbocycles. The number of piperazine rings is 1. The van der Waals surface area contributed by atoms with Crippen LogP contribution in [-0.2, 0) is 9.59 Å². The van der Waals surface area contributed by atoms with Gasteiger partial charge in [-0.05, 0) is 50.2 Å². The van der Waals surface area contributed by atoms with Gasteiger partial charge in [0.1, 0.15) is 0 Å². The number of nitrogens with zero attached hydrogens (tertiary/aromatic N) is 3. The highest BCUT2D eigenvalue weighted by Crippen LogP contribution is 2.33. The highest BCUT2D eigenvalue weighted by molar-refractivity contribution is 5.99. The summed E-state index contributed by atoms with van der Waals surface area (Å²) in [5.41, 5.74) is 0.991. The summed E-state index contributed by atoms with van der Waals surface area (Å²) < 4.78 is 0. The maximum Gasteiger partial charge on any atom is 0.244 e. The lowest BCUT2D eigenvalue weighted by Crippen LogP contribution is -2.54. The summed E-state index contributed by atoms with van der Waals surface area (Å²) in [4.78, 5) is 32.0. The van der Waals surface area contributed by atoms with Crippen molar-refractivity contribution >= 4 is 29.9 Å². The molecule has 4 fully saturated rings. The van der Waals surface area contributed by atoms with Gasteiger partial charge in [-0.1, -0.05) is 18.2 Å². The average molecular weight is 433 g/mol. The van der Waals surface area contributed by atoms with Crippen LogP contribution in [0.5, 0.6) is 0 Å². The summed E-state index contributed by atoms with van der Waals surface area (Å²) in [6.45, 7) is 3.91. The Morgan fingerprint density at radius 2 is 1.60 bits per heavy atom. The molecule has 3 unspecified atom stereocenters. The molecule has 7 heteroatoms. The van der Waals surface area contributed by atoms with E-state index in [1.807, 2.05) is 40.1 Å². The van der Waals surface area contributed by atoms with Crippen molar-refractivity contribution in [2.24, 2.45) is 5.92 Å². The molecule has 0 spiro atoms. The van der Waals surface area contributed by atoms with Crippen molar-refractivity contribution in [2.45, 2.75) is 56.7 Å². The van der Waals surface area contributed by atoms with Gasteiger partial charge in [0.2, 0.25) is 11.8 Å². The fraction of sp³-hybridized carbons (Fsp3) is 0.652. The monoisotopic (exact) mass is 432 g/mol. The second-order valence-electron chi connectivity index (χ2n) is 9.23. The number of carbonyl (C=O) groups excluding carboxylic acids is 2. The summed E-state index contributed by atoms with van der Waals surface area (Å²) in [5.74, 6) is 1.08. The van der Waals surface area contributed by atoms with Crippen LogP contribution < -0.4 is 10.2 Å². The molecule has 6 nitrogen and oxygen atoms in total. The molecule has 4 aliphatic rings. The minimum Gasteiger partial charge on any atom is -0.340 e. The van der Waals surface area contributed by atoms with Crippen LogP contribution >= 0.6 is 12.4 Å². The standard InChI is InChI=1S/C23H32N4O2.ClH/c28-22(16-17-14-18-6-7-19(15-17)24-18)26-12-10-25(11-13-26)21-8-9-27(23(21)29)20-4-2-1-3-5-20;/h1-5,17-19,21,24H,6-16H2;1H. The van der Waals surface area contributed by atoms with E-state index >= 15 is 0 Å². The molecule has 1 aromatic rings. The Hall–Kier alpha value is -1.63. The molecule has 4 aliphatic heterocycles. The molecule has 0 aliphatic carbocycles. The predicted molar refractivity (Wildman–Crippen MR) is 120 cm³/mol. The van der Waals surface area contributed by atoms with Gasteiger partial charge in [-0.15, -0.1) is 12.4 Å². The van der Waals surface area contributed by atoms with E-state index in [2.05, 4.69) is 10.2 Å². The second-order valence-corrected chi connectivity index (χ2v) is 9.23. The minimum atomic E-state index is -0.0347. The third kappa shape index (κ3) is 4.36. The van der Waals surface area contributed by atoms with E-state index in [-0.39, 0.29) is 24.4 Å². The number of hydrogen-bond donors (Lipinski definition) is 1. The molecule has 3 atom stereocenters. The number of benzene rings is 1. The zero-order valence-corrected chi connectivity index (χ0v) is 18.4. The number of anilines is 1. The van der Waals surface area contributed by atoms with Crippen molar-refractivity contribution in [3.63, 3.8) is 0 Å². The Bertz CT molecular complexity index is 741. The Kier molecular flexibility index (Phi) is 6.66. The number of hydrogen-bond acceptors (Lipinski definition) is 4. The first-order chi connectivity index (χ1) is 14.2. The minimum absolute atomic E-state index is 0. The molecule has 4 saturated heterocycles. The fourth-order valence-corrected chi connectivity index (χ4v) is 5.87. The van der Waals surface area contributed by atoms with E-state index in [0.29, 0.717) is 30.3 Å². The van der Waals surface area contributed by atoms with Crippen molar-refractivity contribution in [2.75, 3.05) is 37.6 Å². The molecule has 164 valence electrons. The molecule has 5 rings (SSSR count). The first-order valence-electron chi connectivity index (χ1n) is 11.3. The Morgan fingerprint density at radius 1 is 0.933 bits per heavy atom. The number of halogens is 1. The highest BCUT2D eigenvalue weighted by atomic mass is 35.5. The van der Waals surface area contributed by atoms with E-state index in [4.69, 9.17) is 0 Å². The van der Waals surface area contributed by atoms with Crippen molar-refractivity contribution < 1.29 is 9.59 Å². The van der Waals surface area contributed by atoms with E-state index in [0.717, 1.165) is 57.7 Å². The lowest BCUT2D eigenvalue weighted by Gasteiger charge is -2.38. The Labute approximate surface area is 185 Å². The molecular weight excluding hydrogens is 400 g/mol. The summed E-state index contributed by atoms with van der Waals surface area (Å²) in [6.07, 6.45) is 6.47. The first-order valence-corrected chi connectivity index (χ1v) is 11.3. The number of rotatable bonds is 4. The van der Waals surface area contributed by atoms with Crippen molar-refractivity contribution in [3.8, 4) is 0 Å². The van der Waals surface area contributed by atoms with Gasteiger partial charge < -0.3 is 15.1 Å². The third-order valence-corrected chi connectivity index (χ3v) is 7.39. The van der Waals surface area contributed by atoms with E-state index in [1.165, 1.54) is 12.8 Å². The van der Waals surface area contributed by atoms with Gasteiger partial charge in [0, 0.05) is 56.9 Å². The van der Waals surface area contributed by atoms with Gasteiger partial charge in [-0.2, -0.15) is 0 Å². The third-order valence-electron chi connectivity index (χ3n) is 7.39. The normalized spacial score (nSPS) is 31.7. The van der Waals surface area contributed by atoms with Gasteiger partial charge in [0.15, 0.2) is 0 Å². The van der Waals surface area contributed by atoms with Crippen LogP contribution in [0.3, 0.4) is 0 Å². The number of nitrogens with one attached hydrogen (secondary N) is 1. The van der Waals surface area contributed by atoms with Crippen LogP contribution in [0.2, 0.25) is 0 Å². The predicted octanol–water partition coefficient (Wildman–Crippen LogP) is 2.28. The summed E-state index contributed by atoms with van der Waals surface area (Å²) in [7, 11) is 0. The maximum absolute atomic E-state index is 12.9. The number of amides is 2. The Morgan fingerprint density at radius 3 is 2.27 bits per heavy atom. The molecule has 2 bridgehead atoms.